The summed E-state index contributed by atoms with van der Waals surface area (Å²) in [7, 11) is 3.38. The van der Waals surface area contributed by atoms with Gasteiger partial charge in [0.25, 0.3) is 0 Å². The maximum absolute atomic E-state index is 10.9. The van der Waals surface area contributed by atoms with Crippen molar-refractivity contribution in [2.24, 2.45) is 5.73 Å². The maximum Gasteiger partial charge on any atom is 0.322 e. The molecule has 0 aliphatic carbocycles. The molecule has 6 nitrogen and oxygen atoms in total. The minimum Gasteiger partial charge on any atom is -0.504 e. The molecule has 94 valence electrons. The second-order valence-electron chi connectivity index (χ2n) is 4.02. The van der Waals surface area contributed by atoms with Gasteiger partial charge in [0, 0.05) is 0 Å². The van der Waals surface area contributed by atoms with E-state index >= 15 is 0 Å². The molecule has 0 aromatic heterocycles. The number of hydrogen-bond donors (Lipinski definition) is 4. The molecule has 0 saturated heterocycles. The summed E-state index contributed by atoms with van der Waals surface area (Å²) in [4.78, 5) is 12.6. The lowest BCUT2D eigenvalue weighted by molar-refractivity contribution is -0.140. The number of carboxylic acid groups (broad SMARTS) is 1. The lowest BCUT2D eigenvalue weighted by atomic mass is 9.98. The van der Waals surface area contributed by atoms with Crippen LogP contribution >= 0.6 is 0 Å². The van der Waals surface area contributed by atoms with Crippen LogP contribution in [0.25, 0.3) is 0 Å². The molecule has 17 heavy (non-hydrogen) atoms. The maximum atomic E-state index is 10.9. The van der Waals surface area contributed by atoms with Crippen molar-refractivity contribution < 1.29 is 20.1 Å². The van der Waals surface area contributed by atoms with Crippen molar-refractivity contribution >= 4 is 5.97 Å². The van der Waals surface area contributed by atoms with E-state index in [9.17, 15) is 15.0 Å². The summed E-state index contributed by atoms with van der Waals surface area (Å²) in [5.74, 6) is -1.68. The Labute approximate surface area is 98.9 Å². The average molecular weight is 240 g/mol. The molecule has 0 spiro atoms. The molecular formula is C11H16N2O4. The van der Waals surface area contributed by atoms with Gasteiger partial charge in [-0.2, -0.15) is 0 Å². The second-order valence-corrected chi connectivity index (χ2v) is 4.02. The standard InChI is InChI=1S/C11H16N2O4/c1-13(2)10(9(12)11(16)17)6-3-4-7(14)8(15)5-6/h3-5,9-10,14-15H,12H2,1-2H3,(H,16,17). The summed E-state index contributed by atoms with van der Waals surface area (Å²) in [6.07, 6.45) is 0. The van der Waals surface area contributed by atoms with Gasteiger partial charge >= 0.3 is 5.97 Å². The number of nitrogens with zero attached hydrogens (tertiary/aromatic N) is 1. The van der Waals surface area contributed by atoms with Crippen molar-refractivity contribution in [3.8, 4) is 11.5 Å². The summed E-state index contributed by atoms with van der Waals surface area (Å²) in [6.45, 7) is 0. The van der Waals surface area contributed by atoms with Crippen LogP contribution in [0.3, 0.4) is 0 Å². The second kappa shape index (κ2) is 5.03. The molecule has 6 heteroatoms. The van der Waals surface area contributed by atoms with Gasteiger partial charge in [0.1, 0.15) is 6.04 Å². The van der Waals surface area contributed by atoms with Gasteiger partial charge in [-0.05, 0) is 31.8 Å². The molecule has 2 unspecified atom stereocenters. The van der Waals surface area contributed by atoms with Crippen LogP contribution in [-0.4, -0.2) is 46.3 Å². The van der Waals surface area contributed by atoms with Crippen LogP contribution in [0.2, 0.25) is 0 Å². The van der Waals surface area contributed by atoms with Crippen LogP contribution in [0, 0.1) is 0 Å². The minimum absolute atomic E-state index is 0.254. The van der Waals surface area contributed by atoms with E-state index in [1.165, 1.54) is 18.2 Å². The number of benzene rings is 1. The van der Waals surface area contributed by atoms with Gasteiger partial charge in [0.15, 0.2) is 11.5 Å². The lowest BCUT2D eigenvalue weighted by Crippen LogP contribution is -2.43. The van der Waals surface area contributed by atoms with E-state index in [0.717, 1.165) is 0 Å². The molecule has 0 amide bonds. The number of carbonyl (C=O) groups is 1. The van der Waals surface area contributed by atoms with Crippen LogP contribution in [0.5, 0.6) is 11.5 Å². The number of phenolic OH excluding ortho intramolecular Hbond substituents is 2. The first-order chi connectivity index (χ1) is 7.84. The normalized spacial score (nSPS) is 14.6. The van der Waals surface area contributed by atoms with Gasteiger partial charge in [-0.1, -0.05) is 6.07 Å². The summed E-state index contributed by atoms with van der Waals surface area (Å²) in [5, 5.41) is 27.5. The summed E-state index contributed by atoms with van der Waals surface area (Å²) < 4.78 is 0. The Balaban J connectivity index is 3.14. The predicted molar refractivity (Wildman–Crippen MR) is 61.8 cm³/mol. The third kappa shape index (κ3) is 2.86. The van der Waals surface area contributed by atoms with E-state index in [4.69, 9.17) is 10.8 Å². The van der Waals surface area contributed by atoms with E-state index < -0.39 is 18.1 Å². The summed E-state index contributed by atoms with van der Waals surface area (Å²) in [5.41, 5.74) is 6.12. The topological polar surface area (TPSA) is 107 Å². The highest BCUT2D eigenvalue weighted by atomic mass is 16.4. The highest BCUT2D eigenvalue weighted by molar-refractivity contribution is 5.74. The molecule has 1 rings (SSSR count). The summed E-state index contributed by atoms with van der Waals surface area (Å²) >= 11 is 0. The molecule has 5 N–H and O–H groups in total. The third-order valence-electron chi connectivity index (χ3n) is 2.52. The third-order valence-corrected chi connectivity index (χ3v) is 2.52. The lowest BCUT2D eigenvalue weighted by Gasteiger charge is -2.28. The number of phenols is 2. The fourth-order valence-electron chi connectivity index (χ4n) is 1.69. The van der Waals surface area contributed by atoms with Crippen LogP contribution in [0.15, 0.2) is 18.2 Å². The number of nitrogens with two attached hydrogens (primary N) is 1. The van der Waals surface area contributed by atoms with E-state index in [1.807, 2.05) is 0 Å². The Hall–Kier alpha value is -1.79. The quantitative estimate of drug-likeness (QED) is 0.556. The Morgan fingerprint density at radius 1 is 1.29 bits per heavy atom. The van der Waals surface area contributed by atoms with Crippen molar-refractivity contribution in [2.45, 2.75) is 12.1 Å². The molecule has 1 aromatic rings. The van der Waals surface area contributed by atoms with Gasteiger partial charge in [0.05, 0.1) is 6.04 Å². The minimum atomic E-state index is -1.13. The van der Waals surface area contributed by atoms with E-state index in [2.05, 4.69) is 0 Å². The fraction of sp³-hybridized carbons (Fsp3) is 0.364. The van der Waals surface area contributed by atoms with Gasteiger partial charge in [-0.25, -0.2) is 0 Å². The molecule has 0 aliphatic rings. The van der Waals surface area contributed by atoms with Crippen molar-refractivity contribution in [2.75, 3.05) is 14.1 Å². The van der Waals surface area contributed by atoms with Crippen LogP contribution in [-0.2, 0) is 4.79 Å². The zero-order valence-electron chi connectivity index (χ0n) is 9.66. The van der Waals surface area contributed by atoms with Gasteiger partial charge in [-0.3, -0.25) is 4.79 Å². The number of aromatic hydroxyl groups is 2. The molecular weight excluding hydrogens is 224 g/mol. The average Bonchev–Trinajstić information content (AvgIpc) is 2.22. The number of carboxylic acids is 1. The van der Waals surface area contributed by atoms with E-state index in [1.54, 1.807) is 19.0 Å². The zero-order chi connectivity index (χ0) is 13.2. The first kappa shape index (κ1) is 13.3. The van der Waals surface area contributed by atoms with Gasteiger partial charge in [0.2, 0.25) is 0 Å². The first-order valence-electron chi connectivity index (χ1n) is 5.01. The van der Waals surface area contributed by atoms with Crippen LogP contribution in [0.1, 0.15) is 11.6 Å². The fourth-order valence-corrected chi connectivity index (χ4v) is 1.69. The number of rotatable bonds is 4. The predicted octanol–water partition coefficient (Wildman–Crippen LogP) is 0.112. The highest BCUT2D eigenvalue weighted by Crippen LogP contribution is 2.30. The molecule has 0 heterocycles. The van der Waals surface area contributed by atoms with E-state index in [0.29, 0.717) is 5.56 Å². The first-order valence-corrected chi connectivity index (χ1v) is 5.01. The van der Waals surface area contributed by atoms with Crippen molar-refractivity contribution in [3.63, 3.8) is 0 Å². The smallest absolute Gasteiger partial charge is 0.322 e. The van der Waals surface area contributed by atoms with E-state index in [-0.39, 0.29) is 11.5 Å². The zero-order valence-corrected chi connectivity index (χ0v) is 9.66. The van der Waals surface area contributed by atoms with Crippen molar-refractivity contribution in [3.05, 3.63) is 23.8 Å². The molecule has 0 aliphatic heterocycles. The molecule has 1 aromatic carbocycles. The largest absolute Gasteiger partial charge is 0.504 e. The Morgan fingerprint density at radius 3 is 2.29 bits per heavy atom. The molecule has 0 bridgehead atoms. The monoisotopic (exact) mass is 240 g/mol. The van der Waals surface area contributed by atoms with Gasteiger partial charge in [-0.15, -0.1) is 0 Å². The molecule has 2 atom stereocenters. The highest BCUT2D eigenvalue weighted by Gasteiger charge is 2.28. The number of aliphatic carboxylic acids is 1. The van der Waals surface area contributed by atoms with Crippen molar-refractivity contribution in [1.82, 2.24) is 4.90 Å². The van der Waals surface area contributed by atoms with Crippen LogP contribution in [0.4, 0.5) is 0 Å². The Kier molecular flexibility index (Phi) is 3.93. The Morgan fingerprint density at radius 2 is 1.88 bits per heavy atom. The van der Waals surface area contributed by atoms with Gasteiger partial charge < -0.3 is 26.0 Å². The number of likely N-dealkylation sites (N-methyl/N-ethyl adjacent to an activating group) is 1. The Bertz CT molecular complexity index is 420. The molecule has 0 radical (unpaired) electrons. The molecule has 0 saturated carbocycles. The van der Waals surface area contributed by atoms with Crippen LogP contribution < -0.4 is 5.73 Å². The molecule has 0 fully saturated rings. The SMILES string of the molecule is CN(C)C(c1ccc(O)c(O)c1)C(N)C(=O)O. The van der Waals surface area contributed by atoms with Crippen molar-refractivity contribution in [1.29, 1.82) is 0 Å². The summed E-state index contributed by atoms with van der Waals surface area (Å²) in [6, 6.07) is 2.44. The number of hydrogen-bond acceptors (Lipinski definition) is 5.